The highest BCUT2D eigenvalue weighted by molar-refractivity contribution is 5.80. The first-order valence-electron chi connectivity index (χ1n) is 8.08. The summed E-state index contributed by atoms with van der Waals surface area (Å²) in [7, 11) is 0. The summed E-state index contributed by atoms with van der Waals surface area (Å²) in [4.78, 5) is 14.7. The highest BCUT2D eigenvalue weighted by Crippen LogP contribution is 2.20. The predicted molar refractivity (Wildman–Crippen MR) is 82.8 cm³/mol. The monoisotopic (exact) mass is 284 g/mol. The van der Waals surface area contributed by atoms with Crippen LogP contribution in [0.1, 0.15) is 60.3 Å². The standard InChI is InChI=1S/C16H32N2O2/c1-6-20-15(19)16(5,17-13(2)3)10-8-12-18-11-7-9-14(18)4/h13-14,17H,6-12H2,1-5H3. The third-order valence-electron chi connectivity index (χ3n) is 4.15. The average Bonchev–Trinajstić information content (AvgIpc) is 2.74. The largest absolute Gasteiger partial charge is 0.465 e. The maximum absolute atomic E-state index is 12.2. The van der Waals surface area contributed by atoms with E-state index < -0.39 is 5.54 Å². The van der Waals surface area contributed by atoms with E-state index in [1.165, 1.54) is 19.4 Å². The van der Waals surface area contributed by atoms with Crippen molar-refractivity contribution in [1.82, 2.24) is 10.2 Å². The number of carbonyl (C=O) groups is 1. The summed E-state index contributed by atoms with van der Waals surface area (Å²) in [5, 5.41) is 3.38. The average molecular weight is 284 g/mol. The molecular weight excluding hydrogens is 252 g/mol. The van der Waals surface area contributed by atoms with Gasteiger partial charge >= 0.3 is 5.97 Å². The summed E-state index contributed by atoms with van der Waals surface area (Å²) in [5.41, 5.74) is -0.562. The quantitative estimate of drug-likeness (QED) is 0.696. The first-order valence-corrected chi connectivity index (χ1v) is 8.08. The van der Waals surface area contributed by atoms with Gasteiger partial charge in [-0.15, -0.1) is 0 Å². The van der Waals surface area contributed by atoms with Crippen molar-refractivity contribution in [2.75, 3.05) is 19.7 Å². The molecule has 0 bridgehead atoms. The minimum Gasteiger partial charge on any atom is -0.465 e. The Balaban J connectivity index is 2.49. The fourth-order valence-corrected chi connectivity index (χ4v) is 3.12. The van der Waals surface area contributed by atoms with Crippen LogP contribution in [0.15, 0.2) is 0 Å². The lowest BCUT2D eigenvalue weighted by Gasteiger charge is -2.31. The molecule has 1 aliphatic rings. The Labute approximate surface area is 124 Å². The van der Waals surface area contributed by atoms with Crippen molar-refractivity contribution < 1.29 is 9.53 Å². The van der Waals surface area contributed by atoms with Gasteiger partial charge in [-0.3, -0.25) is 10.1 Å². The first-order chi connectivity index (χ1) is 9.39. The maximum Gasteiger partial charge on any atom is 0.326 e. The second kappa shape index (κ2) is 7.99. The molecule has 20 heavy (non-hydrogen) atoms. The van der Waals surface area contributed by atoms with Gasteiger partial charge < -0.3 is 9.64 Å². The third-order valence-corrected chi connectivity index (χ3v) is 4.15. The number of rotatable bonds is 8. The number of likely N-dealkylation sites (tertiary alicyclic amines) is 1. The number of nitrogens with zero attached hydrogens (tertiary/aromatic N) is 1. The van der Waals surface area contributed by atoms with Gasteiger partial charge in [0, 0.05) is 12.1 Å². The van der Waals surface area contributed by atoms with Gasteiger partial charge in [0.15, 0.2) is 0 Å². The molecule has 1 N–H and O–H groups in total. The fourth-order valence-electron chi connectivity index (χ4n) is 3.12. The lowest BCUT2D eigenvalue weighted by molar-refractivity contribution is -0.151. The number of hydrogen-bond donors (Lipinski definition) is 1. The summed E-state index contributed by atoms with van der Waals surface area (Å²) in [6.07, 6.45) is 4.46. The highest BCUT2D eigenvalue weighted by Gasteiger charge is 2.35. The molecule has 4 heteroatoms. The van der Waals surface area contributed by atoms with Crippen molar-refractivity contribution >= 4 is 5.97 Å². The van der Waals surface area contributed by atoms with Crippen molar-refractivity contribution in [1.29, 1.82) is 0 Å². The molecule has 1 saturated heterocycles. The Bertz CT molecular complexity index is 307. The number of nitrogens with one attached hydrogen (secondary N) is 1. The molecule has 1 rings (SSSR count). The smallest absolute Gasteiger partial charge is 0.326 e. The molecule has 0 aliphatic carbocycles. The van der Waals surface area contributed by atoms with Crippen LogP contribution in [0.3, 0.4) is 0 Å². The zero-order valence-corrected chi connectivity index (χ0v) is 13.9. The molecule has 1 aliphatic heterocycles. The maximum atomic E-state index is 12.2. The van der Waals surface area contributed by atoms with Crippen LogP contribution in [-0.4, -0.2) is 48.2 Å². The van der Waals surface area contributed by atoms with E-state index in [-0.39, 0.29) is 12.0 Å². The van der Waals surface area contributed by atoms with Crippen LogP contribution >= 0.6 is 0 Å². The summed E-state index contributed by atoms with van der Waals surface area (Å²) < 4.78 is 5.24. The van der Waals surface area contributed by atoms with E-state index in [0.717, 1.165) is 19.4 Å². The molecule has 0 saturated carbocycles. The van der Waals surface area contributed by atoms with E-state index >= 15 is 0 Å². The van der Waals surface area contributed by atoms with Crippen LogP contribution in [0.4, 0.5) is 0 Å². The van der Waals surface area contributed by atoms with Gasteiger partial charge in [0.2, 0.25) is 0 Å². The number of hydrogen-bond acceptors (Lipinski definition) is 4. The van der Waals surface area contributed by atoms with Crippen LogP contribution in [0.2, 0.25) is 0 Å². The van der Waals surface area contributed by atoms with Crippen LogP contribution in [0.25, 0.3) is 0 Å². The molecule has 0 amide bonds. The Morgan fingerprint density at radius 3 is 2.70 bits per heavy atom. The highest BCUT2D eigenvalue weighted by atomic mass is 16.5. The Morgan fingerprint density at radius 1 is 1.50 bits per heavy atom. The number of carbonyl (C=O) groups excluding carboxylic acids is 1. The Morgan fingerprint density at radius 2 is 2.20 bits per heavy atom. The normalized spacial score (nSPS) is 23.0. The summed E-state index contributed by atoms with van der Waals surface area (Å²) in [6, 6.07) is 0.969. The molecule has 0 aromatic carbocycles. The van der Waals surface area contributed by atoms with Crippen LogP contribution in [-0.2, 0) is 9.53 Å². The predicted octanol–water partition coefficient (Wildman–Crippen LogP) is 2.57. The number of ether oxygens (including phenoxy) is 1. The second-order valence-corrected chi connectivity index (χ2v) is 6.48. The molecule has 2 atom stereocenters. The van der Waals surface area contributed by atoms with E-state index in [0.29, 0.717) is 12.6 Å². The van der Waals surface area contributed by atoms with Gasteiger partial charge in [-0.2, -0.15) is 0 Å². The second-order valence-electron chi connectivity index (χ2n) is 6.48. The molecule has 0 aromatic rings. The van der Waals surface area contributed by atoms with Gasteiger partial charge in [0.25, 0.3) is 0 Å². The van der Waals surface area contributed by atoms with Crippen molar-refractivity contribution in [2.24, 2.45) is 0 Å². The zero-order valence-electron chi connectivity index (χ0n) is 13.9. The summed E-state index contributed by atoms with van der Waals surface area (Å²) in [5.74, 6) is -0.122. The van der Waals surface area contributed by atoms with Gasteiger partial charge in [0.05, 0.1) is 6.61 Å². The van der Waals surface area contributed by atoms with Gasteiger partial charge in [0.1, 0.15) is 5.54 Å². The topological polar surface area (TPSA) is 41.6 Å². The minimum absolute atomic E-state index is 0.122. The first kappa shape index (κ1) is 17.4. The SMILES string of the molecule is CCOC(=O)C(C)(CCCN1CCCC1C)NC(C)C. The Kier molecular flexibility index (Phi) is 6.96. The summed E-state index contributed by atoms with van der Waals surface area (Å²) >= 11 is 0. The molecule has 0 spiro atoms. The van der Waals surface area contributed by atoms with Crippen LogP contribution < -0.4 is 5.32 Å². The fraction of sp³-hybridized carbons (Fsp3) is 0.938. The van der Waals surface area contributed by atoms with Crippen molar-refractivity contribution in [2.45, 2.75) is 77.9 Å². The van der Waals surface area contributed by atoms with Gasteiger partial charge in [-0.1, -0.05) is 0 Å². The molecule has 0 radical (unpaired) electrons. The van der Waals surface area contributed by atoms with Gasteiger partial charge in [-0.25, -0.2) is 0 Å². The lowest BCUT2D eigenvalue weighted by atomic mass is 9.94. The molecule has 1 heterocycles. The van der Waals surface area contributed by atoms with E-state index in [1.807, 2.05) is 13.8 Å². The molecule has 0 aromatic heterocycles. The van der Waals surface area contributed by atoms with Crippen LogP contribution in [0.5, 0.6) is 0 Å². The molecular formula is C16H32N2O2. The lowest BCUT2D eigenvalue weighted by Crippen LogP contribution is -2.53. The molecule has 1 fully saturated rings. The van der Waals surface area contributed by atoms with E-state index in [1.54, 1.807) is 0 Å². The minimum atomic E-state index is -0.562. The van der Waals surface area contributed by atoms with Crippen molar-refractivity contribution in [3.05, 3.63) is 0 Å². The van der Waals surface area contributed by atoms with E-state index in [4.69, 9.17) is 4.74 Å². The third kappa shape index (κ3) is 5.06. The molecule has 2 unspecified atom stereocenters. The molecule has 4 nitrogen and oxygen atoms in total. The summed E-state index contributed by atoms with van der Waals surface area (Å²) in [6.45, 7) is 13.0. The van der Waals surface area contributed by atoms with E-state index in [2.05, 4.69) is 31.0 Å². The molecule has 118 valence electrons. The Hall–Kier alpha value is -0.610. The zero-order chi connectivity index (χ0) is 15.2. The van der Waals surface area contributed by atoms with Gasteiger partial charge in [-0.05, 0) is 73.4 Å². The van der Waals surface area contributed by atoms with Crippen molar-refractivity contribution in [3.63, 3.8) is 0 Å². The van der Waals surface area contributed by atoms with E-state index in [9.17, 15) is 4.79 Å². The number of esters is 1. The van der Waals surface area contributed by atoms with Crippen molar-refractivity contribution in [3.8, 4) is 0 Å². The van der Waals surface area contributed by atoms with Crippen LogP contribution in [0, 0.1) is 0 Å².